The Kier molecular flexibility index (Phi) is 33.3. The van der Waals surface area contributed by atoms with Gasteiger partial charge in [0.25, 0.3) is 0 Å². The van der Waals surface area contributed by atoms with Crippen LogP contribution in [0.2, 0.25) is 0 Å². The minimum Gasteiger partial charge on any atom is -0.462 e. The molecule has 1 rings (SSSR count). The Morgan fingerprint density at radius 2 is 0.712 bits per heavy atom. The predicted octanol–water partition coefficient (Wildman–Crippen LogP) is 3.91. The third-order valence-electron chi connectivity index (χ3n) is 10.3. The molecule has 4 N–H and O–H groups in total. The summed E-state index contributed by atoms with van der Waals surface area (Å²) in [5, 5.41) is 19.1. The van der Waals surface area contributed by atoms with Crippen LogP contribution >= 0.6 is 0 Å². The number of urea groups is 2. The SMILES string of the molecule is C=CC(=O)OCCOC(=O)NCCCCCCN1C(=O)N(CCCCCCNC(=O)OCCOC(=O)C=C)C(O)N(CCCCCCNC(=O)OCC(COC(=O)C=C)(COC(=O)C=C)COC(=O)C=C)C1=O. The fourth-order valence-corrected chi connectivity index (χ4v) is 6.35. The van der Waals surface area contributed by atoms with Crippen molar-refractivity contribution >= 4 is 60.2 Å². The van der Waals surface area contributed by atoms with Gasteiger partial charge in [0, 0.05) is 69.6 Å². The van der Waals surface area contributed by atoms with Gasteiger partial charge in [-0.3, -0.25) is 9.80 Å². The van der Waals surface area contributed by atoms with E-state index >= 15 is 0 Å². The Morgan fingerprint density at radius 1 is 0.425 bits per heavy atom. The summed E-state index contributed by atoms with van der Waals surface area (Å²) in [4.78, 5) is 125. The van der Waals surface area contributed by atoms with Crippen LogP contribution in [0.25, 0.3) is 0 Å². The molecule has 25 heteroatoms. The van der Waals surface area contributed by atoms with Gasteiger partial charge < -0.3 is 59.0 Å². The number of amides is 7. The lowest BCUT2D eigenvalue weighted by Crippen LogP contribution is -2.66. The number of hydrogen-bond donors (Lipinski definition) is 4. The maximum atomic E-state index is 13.7. The Morgan fingerprint density at radius 3 is 1.07 bits per heavy atom. The minimum absolute atomic E-state index is 0.0809. The number of esters is 5. The molecule has 1 aliphatic rings. The molecule has 0 aromatic rings. The molecule has 1 saturated heterocycles. The molecular weight excluding hydrogens is 965 g/mol. The zero-order valence-electron chi connectivity index (χ0n) is 41.5. The van der Waals surface area contributed by atoms with E-state index in [1.165, 1.54) is 9.80 Å². The lowest BCUT2D eigenvalue weighted by Gasteiger charge is -2.44. The summed E-state index contributed by atoms with van der Waals surface area (Å²) in [5.41, 5.74) is -1.51. The highest BCUT2D eigenvalue weighted by atomic mass is 16.6. The number of rotatable bonds is 40. The number of carbonyl (C=O) groups is 10. The van der Waals surface area contributed by atoms with Crippen molar-refractivity contribution in [1.29, 1.82) is 0 Å². The first-order valence-electron chi connectivity index (χ1n) is 23.8. The van der Waals surface area contributed by atoms with E-state index in [1.807, 2.05) is 0 Å². The fraction of sp³-hybridized carbons (Fsp3) is 0.583. The largest absolute Gasteiger partial charge is 0.462 e. The number of carbonyl (C=O) groups excluding carboxylic acids is 10. The van der Waals surface area contributed by atoms with Gasteiger partial charge in [-0.25, -0.2) is 52.8 Å². The molecule has 0 aliphatic carbocycles. The standard InChI is InChI=1S/C48H72N6O19/c1-6-37(55)66-29-31-68-42(60)49-23-17-11-14-20-26-52-45(63)53(27-21-15-12-18-24-50-43(61)69-32-30-67-38(56)7-2)47(65)54(46(52)64)28-22-16-13-19-25-51-44(62)73-36-48(33-70-39(57)8-3,34-71-40(58)9-4)35-72-41(59)10-5/h6-10,46,64H,1-5,11-36H2,(H,49,60)(H,50,61)(H,51,62). The van der Waals surface area contributed by atoms with Crippen molar-refractivity contribution in [1.82, 2.24) is 30.7 Å². The Balaban J connectivity index is 2.77. The number of hydrogen-bond acceptors (Lipinski definition) is 19. The lowest BCUT2D eigenvalue weighted by molar-refractivity contribution is -0.159. The first kappa shape index (κ1) is 63.6. The van der Waals surface area contributed by atoms with E-state index in [0.29, 0.717) is 90.1 Å². The van der Waals surface area contributed by atoms with Gasteiger partial charge in [0.05, 0.1) is 0 Å². The van der Waals surface area contributed by atoms with Crippen molar-refractivity contribution < 1.29 is 90.9 Å². The van der Waals surface area contributed by atoms with E-state index < -0.39 is 98.4 Å². The van der Waals surface area contributed by atoms with Gasteiger partial charge in [-0.2, -0.15) is 0 Å². The summed E-state index contributed by atoms with van der Waals surface area (Å²) in [5.74, 6) is -3.76. The van der Waals surface area contributed by atoms with Crippen LogP contribution in [0.3, 0.4) is 0 Å². The molecule has 0 aromatic heterocycles. The lowest BCUT2D eigenvalue weighted by atomic mass is 9.92. The van der Waals surface area contributed by atoms with E-state index in [-0.39, 0.29) is 52.6 Å². The molecule has 0 spiro atoms. The average Bonchev–Trinajstić information content (AvgIpc) is 3.39. The molecular formula is C48H72N6O19. The molecule has 7 amide bonds. The smallest absolute Gasteiger partial charge is 0.407 e. The van der Waals surface area contributed by atoms with Crippen LogP contribution in [-0.4, -0.2) is 178 Å². The third kappa shape index (κ3) is 28.3. The van der Waals surface area contributed by atoms with Crippen LogP contribution in [0.15, 0.2) is 63.3 Å². The summed E-state index contributed by atoms with van der Waals surface area (Å²) in [7, 11) is 0. The monoisotopic (exact) mass is 1040 g/mol. The summed E-state index contributed by atoms with van der Waals surface area (Å²) >= 11 is 0. The van der Waals surface area contributed by atoms with Crippen LogP contribution in [-0.2, 0) is 61.9 Å². The molecule has 25 nitrogen and oxygen atoms in total. The summed E-state index contributed by atoms with van der Waals surface area (Å²) < 4.78 is 40.1. The number of ether oxygens (including phenoxy) is 8. The molecule has 408 valence electrons. The highest BCUT2D eigenvalue weighted by Crippen LogP contribution is 2.23. The highest BCUT2D eigenvalue weighted by molar-refractivity contribution is 5.96. The molecule has 0 radical (unpaired) electrons. The van der Waals surface area contributed by atoms with Crippen molar-refractivity contribution in [3.63, 3.8) is 0 Å². The van der Waals surface area contributed by atoms with E-state index in [2.05, 4.69) is 48.8 Å². The molecule has 73 heavy (non-hydrogen) atoms. The van der Waals surface area contributed by atoms with Crippen LogP contribution in [0.4, 0.5) is 24.0 Å². The molecule has 0 bridgehead atoms. The predicted molar refractivity (Wildman–Crippen MR) is 259 cm³/mol. The van der Waals surface area contributed by atoms with Gasteiger partial charge in [0.2, 0.25) is 6.35 Å². The summed E-state index contributed by atoms with van der Waals surface area (Å²) in [6.07, 6.45) is 7.68. The topological polar surface area (TPSA) is 311 Å². The normalized spacial score (nSPS) is 13.1. The third-order valence-corrected chi connectivity index (χ3v) is 10.3. The van der Waals surface area contributed by atoms with Crippen molar-refractivity contribution in [3.05, 3.63) is 63.3 Å². The Labute approximate surface area is 425 Å². The average molecular weight is 1040 g/mol. The van der Waals surface area contributed by atoms with E-state index in [9.17, 15) is 53.1 Å². The second kappa shape index (κ2) is 38.3. The maximum absolute atomic E-state index is 13.7. The number of imide groups is 1. The minimum atomic E-state index is -1.53. The van der Waals surface area contributed by atoms with Gasteiger partial charge in [0.15, 0.2) is 0 Å². The van der Waals surface area contributed by atoms with Crippen molar-refractivity contribution in [2.75, 3.05) is 92.1 Å². The number of aliphatic hydroxyl groups excluding tert-OH is 1. The second-order valence-electron chi connectivity index (χ2n) is 16.0. The van der Waals surface area contributed by atoms with E-state index in [4.69, 9.17) is 37.9 Å². The van der Waals surface area contributed by atoms with Crippen LogP contribution in [0.5, 0.6) is 0 Å². The van der Waals surface area contributed by atoms with Crippen molar-refractivity contribution in [2.24, 2.45) is 5.41 Å². The Hall–Kier alpha value is -7.44. The molecule has 1 aliphatic heterocycles. The molecule has 1 unspecified atom stereocenters. The molecule has 0 aromatic carbocycles. The number of alkyl carbamates (subject to hydrolysis) is 3. The molecule has 1 atom stereocenters. The zero-order chi connectivity index (χ0) is 54.3. The summed E-state index contributed by atoms with van der Waals surface area (Å²) in [6, 6.07) is -1.28. The molecule has 1 heterocycles. The van der Waals surface area contributed by atoms with Gasteiger partial charge in [0.1, 0.15) is 58.3 Å². The zero-order valence-corrected chi connectivity index (χ0v) is 41.5. The first-order chi connectivity index (χ1) is 35.1. The molecule has 0 saturated carbocycles. The quantitative estimate of drug-likeness (QED) is 0.0293. The van der Waals surface area contributed by atoms with E-state index in [1.54, 1.807) is 0 Å². The number of unbranched alkanes of at least 4 members (excludes halogenated alkanes) is 9. The Bertz CT molecular complexity index is 1800. The molecule has 1 fully saturated rings. The maximum Gasteiger partial charge on any atom is 0.407 e. The van der Waals surface area contributed by atoms with Gasteiger partial charge in [-0.15, -0.1) is 0 Å². The van der Waals surface area contributed by atoms with Crippen LogP contribution in [0.1, 0.15) is 77.0 Å². The number of nitrogens with one attached hydrogen (secondary N) is 3. The van der Waals surface area contributed by atoms with Crippen molar-refractivity contribution in [2.45, 2.75) is 83.4 Å². The van der Waals surface area contributed by atoms with Gasteiger partial charge in [-0.1, -0.05) is 71.4 Å². The number of nitrogens with zero attached hydrogens (tertiary/aromatic N) is 3. The van der Waals surface area contributed by atoms with Gasteiger partial charge >= 0.3 is 60.2 Å². The van der Waals surface area contributed by atoms with Crippen LogP contribution < -0.4 is 16.0 Å². The van der Waals surface area contributed by atoms with Crippen LogP contribution in [0, 0.1) is 5.41 Å². The first-order valence-corrected chi connectivity index (χ1v) is 23.8. The number of aliphatic hydroxyl groups is 1. The van der Waals surface area contributed by atoms with E-state index in [0.717, 1.165) is 35.3 Å². The highest BCUT2D eigenvalue weighted by Gasteiger charge is 2.42. The second-order valence-corrected chi connectivity index (χ2v) is 16.0. The van der Waals surface area contributed by atoms with Gasteiger partial charge in [-0.05, 0) is 38.5 Å². The van der Waals surface area contributed by atoms with Crippen molar-refractivity contribution in [3.8, 4) is 0 Å². The fourth-order valence-electron chi connectivity index (χ4n) is 6.35. The summed E-state index contributed by atoms with van der Waals surface area (Å²) in [6.45, 7) is 15.2.